The van der Waals surface area contributed by atoms with Crippen molar-refractivity contribution in [1.82, 2.24) is 10.2 Å². The van der Waals surface area contributed by atoms with Gasteiger partial charge in [-0.2, -0.15) is 0 Å². The van der Waals surface area contributed by atoms with Crippen molar-refractivity contribution in [2.24, 2.45) is 0 Å². The first-order chi connectivity index (χ1) is 8.51. The van der Waals surface area contributed by atoms with Crippen LogP contribution in [0.15, 0.2) is 0 Å². The number of hydrogen-bond acceptors (Lipinski definition) is 3. The number of hydrogen-bond donors (Lipinski definition) is 3. The zero-order valence-electron chi connectivity index (χ0n) is 10.9. The lowest BCUT2D eigenvalue weighted by molar-refractivity contribution is -0.139. The number of nitrogens with zero attached hydrogens (tertiary/aromatic N) is 1. The molecule has 1 heterocycles. The minimum Gasteiger partial charge on any atom is -0.480 e. The van der Waals surface area contributed by atoms with Gasteiger partial charge in [0, 0.05) is 25.1 Å². The van der Waals surface area contributed by atoms with Crippen molar-refractivity contribution in [2.75, 3.05) is 6.61 Å². The minimum absolute atomic E-state index is 0.0279. The molecule has 1 aliphatic heterocycles. The molecular formula is C12H22N2O4. The van der Waals surface area contributed by atoms with Crippen LogP contribution in [-0.2, 0) is 4.79 Å². The van der Waals surface area contributed by atoms with Gasteiger partial charge < -0.3 is 20.4 Å². The molecule has 2 unspecified atom stereocenters. The Kier molecular flexibility index (Phi) is 5.40. The number of carboxylic acids is 1. The highest BCUT2D eigenvalue weighted by atomic mass is 16.4. The summed E-state index contributed by atoms with van der Waals surface area (Å²) in [5.74, 6) is -1.11. The van der Waals surface area contributed by atoms with Crippen molar-refractivity contribution in [1.29, 1.82) is 0 Å². The van der Waals surface area contributed by atoms with Gasteiger partial charge in [0.1, 0.15) is 6.04 Å². The first-order valence-corrected chi connectivity index (χ1v) is 6.43. The number of carbonyl (C=O) groups is 2. The molecule has 2 amide bonds. The molecule has 1 saturated heterocycles. The minimum atomic E-state index is -1.11. The molecule has 0 aromatic carbocycles. The van der Waals surface area contributed by atoms with Crippen LogP contribution in [0.1, 0.15) is 39.5 Å². The number of amides is 2. The number of carbonyl (C=O) groups excluding carboxylic acids is 1. The smallest absolute Gasteiger partial charge is 0.326 e. The molecule has 6 heteroatoms. The van der Waals surface area contributed by atoms with Crippen LogP contribution in [0.25, 0.3) is 0 Å². The molecule has 104 valence electrons. The van der Waals surface area contributed by atoms with E-state index in [4.69, 9.17) is 10.2 Å². The average molecular weight is 258 g/mol. The van der Waals surface area contributed by atoms with E-state index in [0.29, 0.717) is 0 Å². The van der Waals surface area contributed by atoms with Gasteiger partial charge >= 0.3 is 12.0 Å². The fraction of sp³-hybridized carbons (Fsp3) is 0.833. The molecule has 0 aromatic heterocycles. The van der Waals surface area contributed by atoms with Crippen LogP contribution in [0.5, 0.6) is 0 Å². The zero-order chi connectivity index (χ0) is 13.7. The van der Waals surface area contributed by atoms with Crippen LogP contribution in [0.4, 0.5) is 4.79 Å². The van der Waals surface area contributed by atoms with Crippen molar-refractivity contribution in [3.05, 3.63) is 0 Å². The lowest BCUT2D eigenvalue weighted by atomic mass is 10.1. The van der Waals surface area contributed by atoms with Crippen molar-refractivity contribution >= 4 is 12.0 Å². The summed E-state index contributed by atoms with van der Waals surface area (Å²) in [6.07, 6.45) is 2.81. The van der Waals surface area contributed by atoms with Gasteiger partial charge in [0.25, 0.3) is 0 Å². The van der Waals surface area contributed by atoms with Crippen LogP contribution < -0.4 is 5.32 Å². The van der Waals surface area contributed by atoms with Crippen LogP contribution in [-0.4, -0.2) is 51.8 Å². The summed E-state index contributed by atoms with van der Waals surface area (Å²) in [5.41, 5.74) is 0. The number of urea groups is 1. The number of aliphatic hydroxyl groups is 1. The quantitative estimate of drug-likeness (QED) is 0.680. The number of likely N-dealkylation sites (tertiary alicyclic amines) is 1. The third-order valence-corrected chi connectivity index (χ3v) is 3.51. The fourth-order valence-electron chi connectivity index (χ4n) is 2.45. The Balaban J connectivity index is 2.65. The van der Waals surface area contributed by atoms with Gasteiger partial charge in [-0.15, -0.1) is 0 Å². The van der Waals surface area contributed by atoms with Gasteiger partial charge in [-0.25, -0.2) is 9.59 Å². The van der Waals surface area contributed by atoms with Gasteiger partial charge in [-0.1, -0.05) is 6.92 Å². The molecule has 18 heavy (non-hydrogen) atoms. The molecule has 3 N–H and O–H groups in total. The molecule has 1 rings (SSSR count). The van der Waals surface area contributed by atoms with Crippen LogP contribution in [0, 0.1) is 0 Å². The summed E-state index contributed by atoms with van der Waals surface area (Å²) in [4.78, 5) is 24.7. The van der Waals surface area contributed by atoms with Crippen LogP contribution >= 0.6 is 0 Å². The molecule has 0 radical (unpaired) electrons. The topological polar surface area (TPSA) is 89.9 Å². The Hall–Kier alpha value is -1.30. The number of nitrogens with one attached hydrogen (secondary N) is 1. The molecule has 1 aliphatic rings. The van der Waals surface area contributed by atoms with Crippen LogP contribution in [0.2, 0.25) is 0 Å². The summed E-state index contributed by atoms with van der Waals surface area (Å²) in [5, 5.41) is 20.2. The highest BCUT2D eigenvalue weighted by Gasteiger charge is 2.34. The van der Waals surface area contributed by atoms with E-state index in [2.05, 4.69) is 5.32 Å². The average Bonchev–Trinajstić information content (AvgIpc) is 2.69. The van der Waals surface area contributed by atoms with Crippen molar-refractivity contribution in [3.8, 4) is 0 Å². The molecule has 1 fully saturated rings. The first kappa shape index (κ1) is 14.8. The highest BCUT2D eigenvalue weighted by molar-refractivity contribution is 5.83. The molecule has 0 aromatic rings. The van der Waals surface area contributed by atoms with E-state index in [0.717, 1.165) is 19.3 Å². The van der Waals surface area contributed by atoms with Gasteiger partial charge in [-0.3, -0.25) is 0 Å². The SMILES string of the molecule is CCC1CCC(C)N1C(=O)N[C@@H](CCO)C(=O)O. The molecule has 0 saturated carbocycles. The summed E-state index contributed by atoms with van der Waals surface area (Å²) in [7, 11) is 0. The van der Waals surface area contributed by atoms with Crippen LogP contribution in [0.3, 0.4) is 0 Å². The normalized spacial score (nSPS) is 24.9. The predicted molar refractivity (Wildman–Crippen MR) is 66.3 cm³/mol. The van der Waals surface area contributed by atoms with E-state index < -0.39 is 12.0 Å². The summed E-state index contributed by atoms with van der Waals surface area (Å²) in [6, 6.07) is -1.04. The fourth-order valence-corrected chi connectivity index (χ4v) is 2.45. The van der Waals surface area contributed by atoms with Crippen molar-refractivity contribution in [3.63, 3.8) is 0 Å². The third kappa shape index (κ3) is 3.35. The number of aliphatic hydroxyl groups excluding tert-OH is 1. The maximum Gasteiger partial charge on any atom is 0.326 e. The maximum atomic E-state index is 12.1. The number of carboxylic acid groups (broad SMARTS) is 1. The molecule has 0 bridgehead atoms. The molecular weight excluding hydrogens is 236 g/mol. The summed E-state index contributed by atoms with van der Waals surface area (Å²) in [6.45, 7) is 3.73. The molecule has 0 spiro atoms. The Bertz CT molecular complexity index is 308. The third-order valence-electron chi connectivity index (χ3n) is 3.51. The van der Waals surface area contributed by atoms with Crippen molar-refractivity contribution in [2.45, 2.75) is 57.7 Å². The van der Waals surface area contributed by atoms with E-state index in [1.54, 1.807) is 4.90 Å². The maximum absolute atomic E-state index is 12.1. The largest absolute Gasteiger partial charge is 0.480 e. The lowest BCUT2D eigenvalue weighted by Gasteiger charge is -2.29. The highest BCUT2D eigenvalue weighted by Crippen LogP contribution is 2.25. The Morgan fingerprint density at radius 1 is 1.44 bits per heavy atom. The number of aliphatic carboxylic acids is 1. The predicted octanol–water partition coefficient (Wildman–Crippen LogP) is 0.794. The number of rotatable bonds is 5. The molecule has 6 nitrogen and oxygen atoms in total. The van der Waals surface area contributed by atoms with E-state index in [-0.39, 0.29) is 31.1 Å². The van der Waals surface area contributed by atoms with E-state index in [1.807, 2.05) is 13.8 Å². The lowest BCUT2D eigenvalue weighted by Crippen LogP contribution is -2.51. The van der Waals surface area contributed by atoms with E-state index >= 15 is 0 Å². The monoisotopic (exact) mass is 258 g/mol. The zero-order valence-corrected chi connectivity index (χ0v) is 10.9. The second-order valence-corrected chi connectivity index (χ2v) is 4.75. The summed E-state index contributed by atoms with van der Waals surface area (Å²) < 4.78 is 0. The summed E-state index contributed by atoms with van der Waals surface area (Å²) >= 11 is 0. The molecule has 3 atom stereocenters. The Morgan fingerprint density at radius 2 is 2.11 bits per heavy atom. The Morgan fingerprint density at radius 3 is 2.61 bits per heavy atom. The van der Waals surface area contributed by atoms with Gasteiger partial charge in [0.05, 0.1) is 0 Å². The second-order valence-electron chi connectivity index (χ2n) is 4.75. The van der Waals surface area contributed by atoms with Crippen molar-refractivity contribution < 1.29 is 19.8 Å². The van der Waals surface area contributed by atoms with E-state index in [9.17, 15) is 9.59 Å². The molecule has 0 aliphatic carbocycles. The first-order valence-electron chi connectivity index (χ1n) is 6.43. The Labute approximate surface area is 107 Å². The van der Waals surface area contributed by atoms with Gasteiger partial charge in [0.15, 0.2) is 0 Å². The van der Waals surface area contributed by atoms with Gasteiger partial charge in [0.2, 0.25) is 0 Å². The second kappa shape index (κ2) is 6.58. The van der Waals surface area contributed by atoms with Gasteiger partial charge in [-0.05, 0) is 26.2 Å². The van der Waals surface area contributed by atoms with E-state index in [1.165, 1.54) is 0 Å². The standard InChI is InChI=1S/C12H22N2O4/c1-3-9-5-4-8(2)14(9)12(18)13-10(6-7-15)11(16)17/h8-10,15H,3-7H2,1-2H3,(H,13,18)(H,16,17)/t8?,9?,10-/m0/s1.